The van der Waals surface area contributed by atoms with E-state index in [0.29, 0.717) is 22.3 Å². The average Bonchev–Trinajstić information content (AvgIpc) is 2.55. The standard InChI is InChI=1S/C16H11N3O3/c20-14-7-6-13(12-5-2-8-17-15(12)14)19-18-11-4-1-3-10(9-11)16(21)22/h1-9,20H,(H,21,22). The number of aromatic carboxylic acids is 1. The lowest BCUT2D eigenvalue weighted by molar-refractivity contribution is 0.0697. The quantitative estimate of drug-likeness (QED) is 0.712. The first-order valence-electron chi connectivity index (χ1n) is 6.47. The second kappa shape index (κ2) is 5.61. The van der Waals surface area contributed by atoms with Crippen molar-refractivity contribution in [1.82, 2.24) is 4.98 Å². The summed E-state index contributed by atoms with van der Waals surface area (Å²) < 4.78 is 0. The fourth-order valence-corrected chi connectivity index (χ4v) is 2.04. The number of benzene rings is 2. The third kappa shape index (κ3) is 2.62. The van der Waals surface area contributed by atoms with Gasteiger partial charge in [-0.25, -0.2) is 4.79 Å². The Labute approximate surface area is 125 Å². The number of phenolic OH excluding ortho intramolecular Hbond substituents is 1. The molecule has 0 aliphatic carbocycles. The molecule has 0 amide bonds. The van der Waals surface area contributed by atoms with Gasteiger partial charge in [-0.3, -0.25) is 4.98 Å². The topological polar surface area (TPSA) is 95.1 Å². The maximum atomic E-state index is 10.9. The number of carbonyl (C=O) groups is 1. The summed E-state index contributed by atoms with van der Waals surface area (Å²) in [6.07, 6.45) is 1.58. The summed E-state index contributed by atoms with van der Waals surface area (Å²) >= 11 is 0. The van der Waals surface area contributed by atoms with Gasteiger partial charge >= 0.3 is 5.97 Å². The Bertz CT molecular complexity index is 891. The fraction of sp³-hybridized carbons (Fsp3) is 0. The molecule has 6 nitrogen and oxygen atoms in total. The molecule has 1 aromatic heterocycles. The van der Waals surface area contributed by atoms with Gasteiger partial charge in [0.25, 0.3) is 0 Å². The average molecular weight is 293 g/mol. The van der Waals surface area contributed by atoms with Crippen LogP contribution in [0.25, 0.3) is 10.9 Å². The van der Waals surface area contributed by atoms with Crippen LogP contribution >= 0.6 is 0 Å². The van der Waals surface area contributed by atoms with Crippen molar-refractivity contribution >= 4 is 28.2 Å². The molecule has 22 heavy (non-hydrogen) atoms. The fourth-order valence-electron chi connectivity index (χ4n) is 2.04. The maximum Gasteiger partial charge on any atom is 0.335 e. The van der Waals surface area contributed by atoms with Crippen LogP contribution in [0.4, 0.5) is 11.4 Å². The number of phenols is 1. The van der Waals surface area contributed by atoms with Gasteiger partial charge in [0, 0.05) is 11.6 Å². The highest BCUT2D eigenvalue weighted by molar-refractivity contribution is 5.93. The first-order valence-corrected chi connectivity index (χ1v) is 6.47. The lowest BCUT2D eigenvalue weighted by atomic mass is 10.2. The monoisotopic (exact) mass is 293 g/mol. The Morgan fingerprint density at radius 2 is 1.91 bits per heavy atom. The molecule has 0 unspecified atom stereocenters. The number of nitrogens with zero attached hydrogens (tertiary/aromatic N) is 3. The van der Waals surface area contributed by atoms with Gasteiger partial charge in [-0.1, -0.05) is 6.07 Å². The Kier molecular flexibility index (Phi) is 3.49. The Hall–Kier alpha value is -3.28. The third-order valence-electron chi connectivity index (χ3n) is 3.09. The van der Waals surface area contributed by atoms with Gasteiger partial charge in [0.15, 0.2) is 0 Å². The van der Waals surface area contributed by atoms with Gasteiger partial charge in [0.1, 0.15) is 11.3 Å². The zero-order valence-corrected chi connectivity index (χ0v) is 11.3. The van der Waals surface area contributed by atoms with Crippen molar-refractivity contribution in [3.63, 3.8) is 0 Å². The summed E-state index contributed by atoms with van der Waals surface area (Å²) in [6, 6.07) is 12.8. The predicted molar refractivity (Wildman–Crippen MR) is 81.0 cm³/mol. The molecule has 2 aromatic carbocycles. The number of aromatic hydroxyl groups is 1. The van der Waals surface area contributed by atoms with E-state index in [0.717, 1.165) is 0 Å². The number of pyridine rings is 1. The number of aromatic nitrogens is 1. The normalized spacial score (nSPS) is 11.1. The first kappa shape index (κ1) is 13.7. The van der Waals surface area contributed by atoms with Crippen LogP contribution in [0.3, 0.4) is 0 Å². The Morgan fingerprint density at radius 3 is 2.73 bits per heavy atom. The maximum absolute atomic E-state index is 10.9. The molecular formula is C16H11N3O3. The van der Waals surface area contributed by atoms with Gasteiger partial charge in [-0.15, -0.1) is 5.11 Å². The molecule has 0 radical (unpaired) electrons. The van der Waals surface area contributed by atoms with Crippen LogP contribution in [0.1, 0.15) is 10.4 Å². The van der Waals surface area contributed by atoms with Gasteiger partial charge in [0.05, 0.1) is 16.9 Å². The first-order chi connectivity index (χ1) is 10.6. The molecule has 0 bridgehead atoms. The molecule has 0 atom stereocenters. The molecule has 0 aliphatic rings. The van der Waals surface area contributed by atoms with Crippen LogP contribution in [0.15, 0.2) is 65.0 Å². The lowest BCUT2D eigenvalue weighted by Gasteiger charge is -2.02. The van der Waals surface area contributed by atoms with Crippen LogP contribution < -0.4 is 0 Å². The SMILES string of the molecule is O=C(O)c1cccc(N=Nc2ccc(O)c3ncccc23)c1. The number of hydrogen-bond donors (Lipinski definition) is 2. The van der Waals surface area contributed by atoms with Gasteiger partial charge in [0.2, 0.25) is 0 Å². The molecule has 0 saturated heterocycles. The van der Waals surface area contributed by atoms with Crippen molar-refractivity contribution in [3.05, 3.63) is 60.3 Å². The summed E-state index contributed by atoms with van der Waals surface area (Å²) in [5.74, 6) is -0.946. The molecule has 3 rings (SSSR count). The van der Waals surface area contributed by atoms with Crippen molar-refractivity contribution in [2.24, 2.45) is 10.2 Å². The van der Waals surface area contributed by atoms with Crippen molar-refractivity contribution in [2.75, 3.05) is 0 Å². The van der Waals surface area contributed by atoms with Crippen LogP contribution in [-0.2, 0) is 0 Å². The second-order valence-corrected chi connectivity index (χ2v) is 4.56. The smallest absolute Gasteiger partial charge is 0.335 e. The van der Waals surface area contributed by atoms with Crippen LogP contribution in [-0.4, -0.2) is 21.2 Å². The molecule has 0 fully saturated rings. The summed E-state index contributed by atoms with van der Waals surface area (Å²) in [5, 5.41) is 27.6. The van der Waals surface area contributed by atoms with E-state index in [-0.39, 0.29) is 11.3 Å². The highest BCUT2D eigenvalue weighted by Gasteiger charge is 2.06. The number of carboxylic acids is 1. The summed E-state index contributed by atoms with van der Waals surface area (Å²) in [5.41, 5.74) is 1.57. The Morgan fingerprint density at radius 1 is 1.05 bits per heavy atom. The minimum Gasteiger partial charge on any atom is -0.506 e. The molecule has 3 aromatic rings. The Balaban J connectivity index is 2.01. The summed E-state index contributed by atoms with van der Waals surface area (Å²) in [4.78, 5) is 15.0. The van der Waals surface area contributed by atoms with Gasteiger partial charge < -0.3 is 10.2 Å². The van der Waals surface area contributed by atoms with Crippen LogP contribution in [0.2, 0.25) is 0 Å². The van der Waals surface area contributed by atoms with E-state index >= 15 is 0 Å². The number of rotatable bonds is 3. The van der Waals surface area contributed by atoms with E-state index in [9.17, 15) is 9.90 Å². The summed E-state index contributed by atoms with van der Waals surface area (Å²) in [6.45, 7) is 0. The molecule has 1 heterocycles. The predicted octanol–water partition coefficient (Wildman–Crippen LogP) is 4.05. The molecule has 108 valence electrons. The summed E-state index contributed by atoms with van der Waals surface area (Å²) in [7, 11) is 0. The molecule has 0 spiro atoms. The third-order valence-corrected chi connectivity index (χ3v) is 3.09. The van der Waals surface area contributed by atoms with Crippen molar-refractivity contribution in [1.29, 1.82) is 0 Å². The van der Waals surface area contributed by atoms with Gasteiger partial charge in [-0.05, 0) is 42.5 Å². The minimum atomic E-state index is -1.02. The molecular weight excluding hydrogens is 282 g/mol. The van der Waals surface area contributed by atoms with E-state index < -0.39 is 5.97 Å². The number of azo groups is 1. The van der Waals surface area contributed by atoms with E-state index in [1.807, 2.05) is 0 Å². The van der Waals surface area contributed by atoms with Crippen molar-refractivity contribution in [3.8, 4) is 5.75 Å². The van der Waals surface area contributed by atoms with Crippen LogP contribution in [0.5, 0.6) is 5.75 Å². The number of hydrogen-bond acceptors (Lipinski definition) is 5. The molecule has 0 aliphatic heterocycles. The zero-order chi connectivity index (χ0) is 15.5. The van der Waals surface area contributed by atoms with E-state index in [2.05, 4.69) is 15.2 Å². The van der Waals surface area contributed by atoms with E-state index in [4.69, 9.17) is 5.11 Å². The second-order valence-electron chi connectivity index (χ2n) is 4.56. The van der Waals surface area contributed by atoms with E-state index in [1.165, 1.54) is 18.2 Å². The van der Waals surface area contributed by atoms with Crippen molar-refractivity contribution < 1.29 is 15.0 Å². The lowest BCUT2D eigenvalue weighted by Crippen LogP contribution is -1.94. The molecule has 2 N–H and O–H groups in total. The van der Waals surface area contributed by atoms with Gasteiger partial charge in [-0.2, -0.15) is 5.11 Å². The number of fused-ring (bicyclic) bond motifs is 1. The number of carboxylic acid groups (broad SMARTS) is 1. The largest absolute Gasteiger partial charge is 0.506 e. The van der Waals surface area contributed by atoms with E-state index in [1.54, 1.807) is 36.5 Å². The van der Waals surface area contributed by atoms with Crippen molar-refractivity contribution in [2.45, 2.75) is 0 Å². The highest BCUT2D eigenvalue weighted by Crippen LogP contribution is 2.31. The molecule has 0 saturated carbocycles. The minimum absolute atomic E-state index is 0.0717. The zero-order valence-electron chi connectivity index (χ0n) is 11.3. The highest BCUT2D eigenvalue weighted by atomic mass is 16.4. The van der Waals surface area contributed by atoms with Crippen LogP contribution in [0, 0.1) is 0 Å². The molecule has 6 heteroatoms.